The minimum Gasteiger partial charge on any atom is -0.444 e. The summed E-state index contributed by atoms with van der Waals surface area (Å²) in [5.41, 5.74) is -0.415. The summed E-state index contributed by atoms with van der Waals surface area (Å²) in [5, 5.41) is 0. The van der Waals surface area contributed by atoms with Gasteiger partial charge in [0.25, 0.3) is 0 Å². The van der Waals surface area contributed by atoms with Gasteiger partial charge in [-0.15, -0.1) is 6.42 Å². The summed E-state index contributed by atoms with van der Waals surface area (Å²) in [6, 6.07) is 0.590. The number of amides is 1. The van der Waals surface area contributed by atoms with Gasteiger partial charge in [0.05, 0.1) is 6.54 Å². The molecule has 0 atom stereocenters. The van der Waals surface area contributed by atoms with Crippen LogP contribution in [0.5, 0.6) is 0 Å². The molecule has 2 rings (SSSR count). The van der Waals surface area contributed by atoms with Crippen LogP contribution < -0.4 is 0 Å². The van der Waals surface area contributed by atoms with Gasteiger partial charge in [-0.3, -0.25) is 9.80 Å². The van der Waals surface area contributed by atoms with E-state index in [1.165, 1.54) is 0 Å². The van der Waals surface area contributed by atoms with Crippen LogP contribution in [0.4, 0.5) is 4.79 Å². The van der Waals surface area contributed by atoms with Gasteiger partial charge in [0.15, 0.2) is 0 Å². The zero-order chi connectivity index (χ0) is 16.2. The van der Waals surface area contributed by atoms with Crippen LogP contribution in [0, 0.1) is 12.3 Å². The molecule has 22 heavy (non-hydrogen) atoms. The van der Waals surface area contributed by atoms with E-state index in [9.17, 15) is 4.79 Å². The van der Waals surface area contributed by atoms with Crippen molar-refractivity contribution < 1.29 is 9.53 Å². The molecule has 0 aromatic heterocycles. The molecule has 2 saturated heterocycles. The highest BCUT2D eigenvalue weighted by molar-refractivity contribution is 5.68. The zero-order valence-corrected chi connectivity index (χ0v) is 14.2. The van der Waals surface area contributed by atoms with Gasteiger partial charge in [-0.2, -0.15) is 0 Å². The average molecular weight is 307 g/mol. The van der Waals surface area contributed by atoms with Gasteiger partial charge in [0.2, 0.25) is 0 Å². The molecule has 124 valence electrons. The summed E-state index contributed by atoms with van der Waals surface area (Å²) in [6.45, 7) is 12.3. The van der Waals surface area contributed by atoms with Gasteiger partial charge in [0, 0.05) is 45.3 Å². The second-order valence-electron chi connectivity index (χ2n) is 7.21. The predicted octanol–water partition coefficient (Wildman–Crippen LogP) is 1.64. The van der Waals surface area contributed by atoms with Crippen molar-refractivity contribution >= 4 is 6.09 Å². The topological polar surface area (TPSA) is 36.0 Å². The number of hydrogen-bond donors (Lipinski definition) is 0. The first-order valence-electron chi connectivity index (χ1n) is 8.27. The lowest BCUT2D eigenvalue weighted by atomic mass is 10.0. The van der Waals surface area contributed by atoms with Gasteiger partial charge in [-0.25, -0.2) is 4.79 Å². The van der Waals surface area contributed by atoms with Gasteiger partial charge in [-0.05, 0) is 33.6 Å². The van der Waals surface area contributed by atoms with Gasteiger partial charge < -0.3 is 9.64 Å². The largest absolute Gasteiger partial charge is 0.444 e. The molecule has 2 aliphatic rings. The van der Waals surface area contributed by atoms with Crippen molar-refractivity contribution in [3.8, 4) is 12.3 Å². The fraction of sp³-hybridized carbons (Fsp3) is 0.824. The van der Waals surface area contributed by atoms with Crippen LogP contribution in [0.15, 0.2) is 0 Å². The second-order valence-corrected chi connectivity index (χ2v) is 7.21. The Balaban J connectivity index is 1.74. The Morgan fingerprint density at radius 1 is 1.14 bits per heavy atom. The molecule has 2 heterocycles. The van der Waals surface area contributed by atoms with Crippen LogP contribution in [-0.4, -0.2) is 78.2 Å². The van der Waals surface area contributed by atoms with Crippen molar-refractivity contribution in [2.24, 2.45) is 0 Å². The number of piperidine rings is 1. The lowest BCUT2D eigenvalue weighted by molar-refractivity contribution is 0.0105. The maximum absolute atomic E-state index is 12.1. The number of likely N-dealkylation sites (tertiary alicyclic amines) is 1. The maximum atomic E-state index is 12.1. The Morgan fingerprint density at radius 3 is 2.23 bits per heavy atom. The smallest absolute Gasteiger partial charge is 0.410 e. The molecule has 0 aromatic rings. The number of rotatable bonds is 2. The third-order valence-electron chi connectivity index (χ3n) is 4.35. The quantitative estimate of drug-likeness (QED) is 0.727. The molecule has 0 spiro atoms. The molecular formula is C17H29N3O2. The number of terminal acetylenes is 1. The van der Waals surface area contributed by atoms with Crippen LogP contribution in [0.2, 0.25) is 0 Å². The number of carbonyl (C=O) groups excluding carboxylic acids is 1. The van der Waals surface area contributed by atoms with Crippen molar-refractivity contribution in [3.05, 3.63) is 0 Å². The molecular weight excluding hydrogens is 278 g/mol. The molecule has 5 heteroatoms. The minimum atomic E-state index is -0.415. The van der Waals surface area contributed by atoms with Gasteiger partial charge >= 0.3 is 6.09 Å². The molecule has 2 aliphatic heterocycles. The first-order chi connectivity index (χ1) is 10.4. The van der Waals surface area contributed by atoms with Gasteiger partial charge in [-0.1, -0.05) is 5.92 Å². The minimum absolute atomic E-state index is 0.176. The summed E-state index contributed by atoms with van der Waals surface area (Å²) < 4.78 is 5.45. The van der Waals surface area contributed by atoms with E-state index in [0.717, 1.165) is 58.7 Å². The van der Waals surface area contributed by atoms with Crippen molar-refractivity contribution in [2.45, 2.75) is 45.3 Å². The first-order valence-corrected chi connectivity index (χ1v) is 8.27. The maximum Gasteiger partial charge on any atom is 0.410 e. The van der Waals surface area contributed by atoms with Gasteiger partial charge in [0.1, 0.15) is 5.60 Å². The molecule has 0 radical (unpaired) electrons. The lowest BCUT2D eigenvalue weighted by Crippen LogP contribution is -2.54. The van der Waals surface area contributed by atoms with Crippen molar-refractivity contribution in [3.63, 3.8) is 0 Å². The molecule has 0 aliphatic carbocycles. The Morgan fingerprint density at radius 2 is 1.73 bits per heavy atom. The van der Waals surface area contributed by atoms with E-state index in [0.29, 0.717) is 6.04 Å². The van der Waals surface area contributed by atoms with Crippen LogP contribution in [0.3, 0.4) is 0 Å². The average Bonchev–Trinajstić information content (AvgIpc) is 2.47. The van der Waals surface area contributed by atoms with Crippen LogP contribution >= 0.6 is 0 Å². The lowest BCUT2D eigenvalue weighted by Gasteiger charge is -2.42. The van der Waals surface area contributed by atoms with E-state index < -0.39 is 5.60 Å². The molecule has 1 amide bonds. The first kappa shape index (κ1) is 17.1. The third-order valence-corrected chi connectivity index (χ3v) is 4.35. The molecule has 5 nitrogen and oxygen atoms in total. The molecule has 0 bridgehead atoms. The summed E-state index contributed by atoms with van der Waals surface area (Å²) >= 11 is 0. The summed E-state index contributed by atoms with van der Waals surface area (Å²) in [7, 11) is 0. The summed E-state index contributed by atoms with van der Waals surface area (Å²) in [5.74, 6) is 2.72. The standard InChI is InChI=1S/C17H29N3O2/c1-5-8-18-11-13-19(14-12-18)15-6-9-20(10-7-15)16(21)22-17(2,3)4/h1,15H,6-14H2,2-4H3. The second kappa shape index (κ2) is 7.34. The van der Waals surface area contributed by atoms with E-state index in [4.69, 9.17) is 11.2 Å². The third kappa shape index (κ3) is 4.89. The number of piperazine rings is 1. The highest BCUT2D eigenvalue weighted by Gasteiger charge is 2.30. The Hall–Kier alpha value is -1.25. The van der Waals surface area contributed by atoms with Crippen molar-refractivity contribution in [1.29, 1.82) is 0 Å². The monoisotopic (exact) mass is 307 g/mol. The van der Waals surface area contributed by atoms with E-state index in [1.54, 1.807) is 0 Å². The molecule has 0 N–H and O–H groups in total. The SMILES string of the molecule is C#CCN1CCN(C2CCN(C(=O)OC(C)(C)C)CC2)CC1. The summed E-state index contributed by atoms with van der Waals surface area (Å²) in [6.07, 6.45) is 7.27. The van der Waals surface area contributed by atoms with Crippen LogP contribution in [0.1, 0.15) is 33.6 Å². The van der Waals surface area contributed by atoms with Crippen LogP contribution in [0.25, 0.3) is 0 Å². The highest BCUT2D eigenvalue weighted by Crippen LogP contribution is 2.20. The predicted molar refractivity (Wildman–Crippen MR) is 87.7 cm³/mol. The zero-order valence-electron chi connectivity index (χ0n) is 14.2. The summed E-state index contributed by atoms with van der Waals surface area (Å²) in [4.78, 5) is 18.8. The molecule has 0 unspecified atom stereocenters. The fourth-order valence-electron chi connectivity index (χ4n) is 3.16. The molecule has 2 fully saturated rings. The van der Waals surface area contributed by atoms with E-state index in [2.05, 4.69) is 15.7 Å². The number of nitrogens with zero attached hydrogens (tertiary/aromatic N) is 3. The van der Waals surface area contributed by atoms with E-state index >= 15 is 0 Å². The Bertz CT molecular complexity index is 409. The van der Waals surface area contributed by atoms with Crippen molar-refractivity contribution in [1.82, 2.24) is 14.7 Å². The number of hydrogen-bond acceptors (Lipinski definition) is 4. The molecule has 0 saturated carbocycles. The Labute approximate surface area is 134 Å². The highest BCUT2D eigenvalue weighted by atomic mass is 16.6. The van der Waals surface area contributed by atoms with Crippen LogP contribution in [-0.2, 0) is 4.74 Å². The number of ether oxygens (including phenoxy) is 1. The fourth-order valence-corrected chi connectivity index (χ4v) is 3.16. The number of carbonyl (C=O) groups is 1. The van der Waals surface area contributed by atoms with E-state index in [-0.39, 0.29) is 6.09 Å². The molecule has 0 aromatic carbocycles. The van der Waals surface area contributed by atoms with Crippen molar-refractivity contribution in [2.75, 3.05) is 45.8 Å². The Kier molecular flexibility index (Phi) is 5.71. The van der Waals surface area contributed by atoms with E-state index in [1.807, 2.05) is 25.7 Å². The normalized spacial score (nSPS) is 22.4.